The second kappa shape index (κ2) is 6.72. The molecule has 1 aliphatic carbocycles. The van der Waals surface area contributed by atoms with E-state index in [1.807, 2.05) is 32.2 Å². The Labute approximate surface area is 129 Å². The summed E-state index contributed by atoms with van der Waals surface area (Å²) in [6.45, 7) is 3.83. The molecule has 20 heavy (non-hydrogen) atoms. The molecule has 2 rings (SSSR count). The van der Waals surface area contributed by atoms with Gasteiger partial charge in [0.1, 0.15) is 0 Å². The molecular weight excluding hydrogens is 316 g/mol. The van der Waals surface area contributed by atoms with Gasteiger partial charge in [0.2, 0.25) is 5.91 Å². The number of carbonyl (C=O) groups is 1. The van der Waals surface area contributed by atoms with E-state index in [1.165, 1.54) is 19.3 Å². The number of halogens is 1. The molecule has 1 aromatic carbocycles. The average Bonchev–Trinajstić information content (AvgIpc) is 2.37. The Morgan fingerprint density at radius 1 is 1.35 bits per heavy atom. The SMILES string of the molecule is CNCC1(CNC(=O)Cc2cc(Br)ccc2C)CCC1. The number of carbonyl (C=O) groups excluding carboxylic acids is 1. The fourth-order valence-electron chi connectivity index (χ4n) is 2.82. The highest BCUT2D eigenvalue weighted by atomic mass is 79.9. The predicted molar refractivity (Wildman–Crippen MR) is 85.8 cm³/mol. The zero-order chi connectivity index (χ0) is 14.6. The van der Waals surface area contributed by atoms with Gasteiger partial charge in [0, 0.05) is 23.0 Å². The number of hydrogen-bond donors (Lipinski definition) is 2. The van der Waals surface area contributed by atoms with Crippen molar-refractivity contribution >= 4 is 21.8 Å². The third-order valence-electron chi connectivity index (χ3n) is 4.29. The minimum atomic E-state index is 0.119. The Hall–Kier alpha value is -0.870. The number of aryl methyl sites for hydroxylation is 1. The summed E-state index contributed by atoms with van der Waals surface area (Å²) >= 11 is 3.46. The lowest BCUT2D eigenvalue weighted by Gasteiger charge is -2.42. The molecule has 0 saturated heterocycles. The highest BCUT2D eigenvalue weighted by molar-refractivity contribution is 9.10. The van der Waals surface area contributed by atoms with Gasteiger partial charge >= 0.3 is 0 Å². The molecule has 0 radical (unpaired) electrons. The number of amides is 1. The minimum absolute atomic E-state index is 0.119. The summed E-state index contributed by atoms with van der Waals surface area (Å²) in [6, 6.07) is 6.08. The van der Waals surface area contributed by atoms with Crippen molar-refractivity contribution in [3.05, 3.63) is 33.8 Å². The van der Waals surface area contributed by atoms with Crippen LogP contribution in [0.1, 0.15) is 30.4 Å². The summed E-state index contributed by atoms with van der Waals surface area (Å²) in [4.78, 5) is 12.1. The maximum atomic E-state index is 12.1. The number of benzene rings is 1. The summed E-state index contributed by atoms with van der Waals surface area (Å²) in [5, 5.41) is 6.35. The molecule has 1 amide bonds. The molecule has 1 aliphatic rings. The van der Waals surface area contributed by atoms with Crippen LogP contribution in [0.25, 0.3) is 0 Å². The topological polar surface area (TPSA) is 41.1 Å². The highest BCUT2D eigenvalue weighted by Crippen LogP contribution is 2.39. The highest BCUT2D eigenvalue weighted by Gasteiger charge is 2.36. The molecule has 1 aromatic rings. The second-order valence-electron chi connectivity index (χ2n) is 5.91. The maximum absolute atomic E-state index is 12.1. The van der Waals surface area contributed by atoms with Crippen LogP contribution < -0.4 is 10.6 Å². The Kier molecular flexibility index (Phi) is 5.22. The lowest BCUT2D eigenvalue weighted by molar-refractivity contribution is -0.121. The van der Waals surface area contributed by atoms with Gasteiger partial charge in [-0.3, -0.25) is 4.79 Å². The van der Waals surface area contributed by atoms with Crippen LogP contribution >= 0.6 is 15.9 Å². The van der Waals surface area contributed by atoms with Crippen molar-refractivity contribution in [2.24, 2.45) is 5.41 Å². The monoisotopic (exact) mass is 338 g/mol. The molecule has 0 spiro atoms. The van der Waals surface area contributed by atoms with Gasteiger partial charge in [0.15, 0.2) is 0 Å². The van der Waals surface area contributed by atoms with E-state index < -0.39 is 0 Å². The van der Waals surface area contributed by atoms with E-state index in [-0.39, 0.29) is 11.3 Å². The summed E-state index contributed by atoms with van der Waals surface area (Å²) in [5.74, 6) is 0.119. The zero-order valence-corrected chi connectivity index (χ0v) is 13.8. The molecular formula is C16H23BrN2O. The molecule has 0 atom stereocenters. The van der Waals surface area contributed by atoms with Crippen LogP contribution in [0.3, 0.4) is 0 Å². The summed E-state index contributed by atoms with van der Waals surface area (Å²) in [7, 11) is 1.98. The number of rotatable bonds is 6. The van der Waals surface area contributed by atoms with Gasteiger partial charge in [-0.25, -0.2) is 0 Å². The van der Waals surface area contributed by atoms with E-state index >= 15 is 0 Å². The van der Waals surface area contributed by atoms with Crippen molar-refractivity contribution in [2.45, 2.75) is 32.6 Å². The van der Waals surface area contributed by atoms with Crippen LogP contribution in [0, 0.1) is 12.3 Å². The minimum Gasteiger partial charge on any atom is -0.355 e. The van der Waals surface area contributed by atoms with Crippen LogP contribution in [-0.4, -0.2) is 26.0 Å². The lowest BCUT2D eigenvalue weighted by Crippen LogP contribution is -2.48. The Bertz CT molecular complexity index is 483. The smallest absolute Gasteiger partial charge is 0.224 e. The van der Waals surface area contributed by atoms with E-state index in [4.69, 9.17) is 0 Å². The molecule has 3 nitrogen and oxygen atoms in total. The largest absolute Gasteiger partial charge is 0.355 e. The molecule has 2 N–H and O–H groups in total. The first-order valence-electron chi connectivity index (χ1n) is 7.21. The Morgan fingerprint density at radius 3 is 2.70 bits per heavy atom. The van der Waals surface area contributed by atoms with Crippen molar-refractivity contribution in [2.75, 3.05) is 20.1 Å². The third kappa shape index (κ3) is 3.83. The average molecular weight is 339 g/mol. The molecule has 0 aromatic heterocycles. The van der Waals surface area contributed by atoms with Crippen LogP contribution in [0.2, 0.25) is 0 Å². The first-order chi connectivity index (χ1) is 9.54. The van der Waals surface area contributed by atoms with Crippen LogP contribution in [0.4, 0.5) is 0 Å². The molecule has 0 aliphatic heterocycles. The van der Waals surface area contributed by atoms with E-state index in [0.717, 1.165) is 28.7 Å². The molecule has 1 saturated carbocycles. The van der Waals surface area contributed by atoms with Crippen molar-refractivity contribution in [3.8, 4) is 0 Å². The van der Waals surface area contributed by atoms with Crippen molar-refractivity contribution in [3.63, 3.8) is 0 Å². The summed E-state index contributed by atoms with van der Waals surface area (Å²) in [5.41, 5.74) is 2.54. The van der Waals surface area contributed by atoms with Gasteiger partial charge in [0.25, 0.3) is 0 Å². The van der Waals surface area contributed by atoms with Gasteiger partial charge in [-0.15, -0.1) is 0 Å². The standard InChI is InChI=1S/C16H23BrN2O/c1-12-4-5-14(17)8-13(12)9-15(20)19-11-16(10-18-2)6-3-7-16/h4-5,8,18H,3,6-7,9-11H2,1-2H3,(H,19,20). The first-order valence-corrected chi connectivity index (χ1v) is 8.00. The van der Waals surface area contributed by atoms with E-state index in [9.17, 15) is 4.79 Å². The first kappa shape index (κ1) is 15.5. The van der Waals surface area contributed by atoms with E-state index in [1.54, 1.807) is 0 Å². The predicted octanol–water partition coefficient (Wildman–Crippen LogP) is 2.81. The van der Waals surface area contributed by atoms with Crippen molar-refractivity contribution in [1.29, 1.82) is 0 Å². The van der Waals surface area contributed by atoms with Crippen LogP contribution in [0.15, 0.2) is 22.7 Å². The van der Waals surface area contributed by atoms with Gasteiger partial charge in [-0.05, 0) is 50.1 Å². The summed E-state index contributed by atoms with van der Waals surface area (Å²) < 4.78 is 1.02. The fourth-order valence-corrected chi connectivity index (χ4v) is 3.23. The van der Waals surface area contributed by atoms with E-state index in [0.29, 0.717) is 6.42 Å². The summed E-state index contributed by atoms with van der Waals surface area (Å²) in [6.07, 6.45) is 4.16. The number of hydrogen-bond acceptors (Lipinski definition) is 2. The van der Waals surface area contributed by atoms with Gasteiger partial charge in [-0.1, -0.05) is 28.4 Å². The molecule has 0 bridgehead atoms. The third-order valence-corrected chi connectivity index (χ3v) is 4.78. The quantitative estimate of drug-likeness (QED) is 0.837. The van der Waals surface area contributed by atoms with Gasteiger partial charge in [0.05, 0.1) is 6.42 Å². The second-order valence-corrected chi connectivity index (χ2v) is 6.82. The van der Waals surface area contributed by atoms with Crippen LogP contribution in [0.5, 0.6) is 0 Å². The molecule has 1 fully saturated rings. The van der Waals surface area contributed by atoms with Gasteiger partial charge in [-0.2, -0.15) is 0 Å². The molecule has 4 heteroatoms. The van der Waals surface area contributed by atoms with E-state index in [2.05, 4.69) is 26.6 Å². The van der Waals surface area contributed by atoms with Crippen molar-refractivity contribution in [1.82, 2.24) is 10.6 Å². The fraction of sp³-hybridized carbons (Fsp3) is 0.562. The Morgan fingerprint density at radius 2 is 2.10 bits per heavy atom. The Balaban J connectivity index is 1.88. The maximum Gasteiger partial charge on any atom is 0.224 e. The molecule has 0 heterocycles. The molecule has 110 valence electrons. The van der Waals surface area contributed by atoms with Crippen molar-refractivity contribution < 1.29 is 4.79 Å². The van der Waals surface area contributed by atoms with Gasteiger partial charge < -0.3 is 10.6 Å². The van der Waals surface area contributed by atoms with Crippen LogP contribution in [-0.2, 0) is 11.2 Å². The lowest BCUT2D eigenvalue weighted by atomic mass is 9.68. The molecule has 0 unspecified atom stereocenters. The zero-order valence-electron chi connectivity index (χ0n) is 12.3. The normalized spacial score (nSPS) is 16.6. The number of nitrogens with one attached hydrogen (secondary N) is 2.